The van der Waals surface area contributed by atoms with Gasteiger partial charge in [-0.15, -0.1) is 0 Å². The lowest BCUT2D eigenvalue weighted by atomic mass is 9.98. The van der Waals surface area contributed by atoms with Gasteiger partial charge in [0.25, 0.3) is 0 Å². The number of benzene rings is 4. The zero-order valence-corrected chi connectivity index (χ0v) is 29.0. The van der Waals surface area contributed by atoms with Crippen molar-refractivity contribution in [1.82, 2.24) is 19.8 Å². The van der Waals surface area contributed by atoms with Gasteiger partial charge in [0.15, 0.2) is 0 Å². The lowest BCUT2D eigenvalue weighted by Gasteiger charge is -2.31. The Kier molecular flexibility index (Phi) is 10.9. The highest BCUT2D eigenvalue weighted by atomic mass is 35.5. The average molecular weight is 686 g/mol. The predicted molar refractivity (Wildman–Crippen MR) is 195 cm³/mol. The van der Waals surface area contributed by atoms with E-state index < -0.39 is 6.09 Å². The fraction of sp³-hybridized carbons (Fsp3) is 0.268. The molecule has 0 unspecified atom stereocenters. The highest BCUT2D eigenvalue weighted by molar-refractivity contribution is 6.30. The minimum absolute atomic E-state index is 0.0708. The molecule has 0 bridgehead atoms. The zero-order chi connectivity index (χ0) is 35.0. The summed E-state index contributed by atoms with van der Waals surface area (Å²) in [5, 5.41) is 12.9. The SMILES string of the molecule is CC[C@H](C)[C@@H](CN(Cc1cccc(Cl)c1)C(=O)OCC1c2ccccc2-c2ccccc21)NC(=O)Cc1cncn1Cc1ccc(C#N)cc1. The van der Waals surface area contributed by atoms with Gasteiger partial charge < -0.3 is 19.5 Å². The standard InChI is InChI=1S/C41H40ClN5O3/c1-3-28(2)39(45-40(48)20-33-22-44-27-47(33)23-30-17-15-29(21-43)16-18-30)25-46(24-31-9-8-10-32(42)19-31)41(49)50-26-38-36-13-6-4-11-34(36)35-12-5-7-14-37(35)38/h4-19,22,27-28,38-39H,3,20,23-26H2,1-2H3,(H,45,48)/t28-,39+/m0/s1. The van der Waals surface area contributed by atoms with Crippen LogP contribution in [0.25, 0.3) is 11.1 Å². The number of hydrogen-bond acceptors (Lipinski definition) is 5. The van der Waals surface area contributed by atoms with Crippen molar-refractivity contribution in [1.29, 1.82) is 5.26 Å². The van der Waals surface area contributed by atoms with Crippen molar-refractivity contribution in [2.45, 2.75) is 51.7 Å². The summed E-state index contributed by atoms with van der Waals surface area (Å²) in [6, 6.07) is 33.1. The lowest BCUT2D eigenvalue weighted by Crippen LogP contribution is -2.49. The minimum Gasteiger partial charge on any atom is -0.448 e. The van der Waals surface area contributed by atoms with E-state index >= 15 is 0 Å². The van der Waals surface area contributed by atoms with E-state index in [1.54, 1.807) is 35.6 Å². The number of fused-ring (bicyclic) bond motifs is 3. The van der Waals surface area contributed by atoms with Crippen LogP contribution in [0, 0.1) is 17.2 Å². The van der Waals surface area contributed by atoms with Gasteiger partial charge in [0.1, 0.15) is 6.61 Å². The predicted octanol–water partition coefficient (Wildman–Crippen LogP) is 7.98. The van der Waals surface area contributed by atoms with Gasteiger partial charge in [-0.2, -0.15) is 5.26 Å². The molecule has 0 saturated carbocycles. The number of aromatic nitrogens is 2. The number of carbonyl (C=O) groups is 2. The van der Waals surface area contributed by atoms with Gasteiger partial charge in [0, 0.05) is 48.5 Å². The van der Waals surface area contributed by atoms with Crippen LogP contribution in [-0.2, 0) is 29.0 Å². The normalized spacial score (nSPS) is 13.1. The summed E-state index contributed by atoms with van der Waals surface area (Å²) in [6.07, 6.45) is 3.88. The summed E-state index contributed by atoms with van der Waals surface area (Å²) in [6.45, 7) is 5.41. The molecule has 8 nitrogen and oxygen atoms in total. The van der Waals surface area contributed by atoms with E-state index in [0.717, 1.165) is 45.5 Å². The van der Waals surface area contributed by atoms with Gasteiger partial charge in [-0.3, -0.25) is 4.79 Å². The largest absolute Gasteiger partial charge is 0.448 e. The van der Waals surface area contributed by atoms with Crippen LogP contribution < -0.4 is 5.32 Å². The van der Waals surface area contributed by atoms with Gasteiger partial charge in [0.05, 0.1) is 24.4 Å². The van der Waals surface area contributed by atoms with Crippen LogP contribution in [0.2, 0.25) is 5.02 Å². The number of nitriles is 1. The third-order valence-electron chi connectivity index (χ3n) is 9.53. The van der Waals surface area contributed by atoms with Crippen LogP contribution in [-0.4, -0.2) is 45.6 Å². The monoisotopic (exact) mass is 685 g/mol. The number of ether oxygens (including phenoxy) is 1. The van der Waals surface area contributed by atoms with Crippen molar-refractivity contribution in [2.75, 3.05) is 13.2 Å². The van der Waals surface area contributed by atoms with E-state index in [2.05, 4.69) is 54.5 Å². The number of nitrogens with one attached hydrogen (secondary N) is 1. The van der Waals surface area contributed by atoms with Crippen LogP contribution in [0.4, 0.5) is 4.79 Å². The molecule has 1 aromatic heterocycles. The summed E-state index contributed by atoms with van der Waals surface area (Å²) >= 11 is 6.33. The lowest BCUT2D eigenvalue weighted by molar-refractivity contribution is -0.121. The molecule has 9 heteroatoms. The molecule has 0 spiro atoms. The van der Waals surface area contributed by atoms with Crippen LogP contribution in [0.5, 0.6) is 0 Å². The van der Waals surface area contributed by atoms with Gasteiger partial charge in [-0.1, -0.05) is 105 Å². The van der Waals surface area contributed by atoms with E-state index in [1.165, 1.54) is 0 Å². The molecular formula is C41H40ClN5O3. The van der Waals surface area contributed by atoms with Crippen molar-refractivity contribution in [2.24, 2.45) is 5.92 Å². The topological polar surface area (TPSA) is 100 Å². The Morgan fingerprint density at radius 1 is 0.980 bits per heavy atom. The van der Waals surface area contributed by atoms with E-state index in [-0.39, 0.29) is 49.9 Å². The van der Waals surface area contributed by atoms with Crippen LogP contribution in [0.1, 0.15) is 59.7 Å². The Morgan fingerprint density at radius 3 is 2.34 bits per heavy atom. The molecule has 5 aromatic rings. The zero-order valence-electron chi connectivity index (χ0n) is 28.3. The fourth-order valence-electron chi connectivity index (χ4n) is 6.58. The Labute approximate surface area is 298 Å². The summed E-state index contributed by atoms with van der Waals surface area (Å²) < 4.78 is 8.04. The molecule has 1 N–H and O–H groups in total. The second kappa shape index (κ2) is 15.9. The summed E-state index contributed by atoms with van der Waals surface area (Å²) in [7, 11) is 0. The third kappa shape index (κ3) is 8.07. The third-order valence-corrected chi connectivity index (χ3v) is 9.76. The fourth-order valence-corrected chi connectivity index (χ4v) is 6.79. The summed E-state index contributed by atoms with van der Waals surface area (Å²) in [4.78, 5) is 33.5. The van der Waals surface area contributed by atoms with E-state index in [4.69, 9.17) is 21.6 Å². The second-order valence-electron chi connectivity index (χ2n) is 12.9. The number of hydrogen-bond donors (Lipinski definition) is 1. The molecule has 6 rings (SSSR count). The Bertz CT molecular complexity index is 1950. The first kappa shape index (κ1) is 34.5. The number of nitrogens with zero attached hydrogens (tertiary/aromatic N) is 4. The van der Waals surface area contributed by atoms with Crippen molar-refractivity contribution in [3.8, 4) is 17.2 Å². The van der Waals surface area contributed by atoms with E-state index in [9.17, 15) is 9.59 Å². The average Bonchev–Trinajstić information content (AvgIpc) is 3.70. The van der Waals surface area contributed by atoms with Crippen molar-refractivity contribution < 1.29 is 14.3 Å². The van der Waals surface area contributed by atoms with Crippen LogP contribution >= 0.6 is 11.6 Å². The number of rotatable bonds is 13. The smallest absolute Gasteiger partial charge is 0.410 e. The molecule has 2 atom stereocenters. The Morgan fingerprint density at radius 2 is 1.68 bits per heavy atom. The van der Waals surface area contributed by atoms with Gasteiger partial charge in [-0.05, 0) is 63.6 Å². The van der Waals surface area contributed by atoms with Crippen molar-refractivity contribution >= 4 is 23.6 Å². The van der Waals surface area contributed by atoms with Gasteiger partial charge >= 0.3 is 6.09 Å². The molecule has 1 aliphatic carbocycles. The first-order chi connectivity index (χ1) is 24.3. The molecular weight excluding hydrogens is 646 g/mol. The second-order valence-corrected chi connectivity index (χ2v) is 13.3. The Balaban J connectivity index is 1.17. The van der Waals surface area contributed by atoms with E-state index in [1.807, 2.05) is 59.2 Å². The molecule has 0 fully saturated rings. The summed E-state index contributed by atoms with van der Waals surface area (Å²) in [5.74, 6) is -0.156. The molecule has 50 heavy (non-hydrogen) atoms. The highest BCUT2D eigenvalue weighted by Gasteiger charge is 2.31. The number of carbonyl (C=O) groups excluding carboxylic acids is 2. The molecule has 0 aliphatic heterocycles. The molecule has 4 aromatic carbocycles. The Hall–Kier alpha value is -5.39. The maximum Gasteiger partial charge on any atom is 0.410 e. The van der Waals surface area contributed by atoms with Crippen LogP contribution in [0.15, 0.2) is 110 Å². The first-order valence-electron chi connectivity index (χ1n) is 16.9. The molecule has 254 valence electrons. The van der Waals surface area contributed by atoms with Crippen molar-refractivity contribution in [3.63, 3.8) is 0 Å². The van der Waals surface area contributed by atoms with Gasteiger partial charge in [-0.25, -0.2) is 9.78 Å². The molecule has 0 saturated heterocycles. The van der Waals surface area contributed by atoms with E-state index in [0.29, 0.717) is 17.1 Å². The first-order valence-corrected chi connectivity index (χ1v) is 17.3. The minimum atomic E-state index is -0.449. The van der Waals surface area contributed by atoms with Crippen molar-refractivity contribution in [3.05, 3.63) is 148 Å². The number of amides is 2. The quantitative estimate of drug-likeness (QED) is 0.135. The maximum atomic E-state index is 14.0. The molecule has 0 radical (unpaired) electrons. The summed E-state index contributed by atoms with van der Waals surface area (Å²) in [5.41, 5.74) is 7.85. The number of imidazole rings is 1. The highest BCUT2D eigenvalue weighted by Crippen LogP contribution is 2.44. The molecule has 2 amide bonds. The molecule has 1 aliphatic rings. The molecule has 1 heterocycles. The van der Waals surface area contributed by atoms with Gasteiger partial charge in [0.2, 0.25) is 5.91 Å². The number of halogens is 1. The maximum absolute atomic E-state index is 14.0. The van der Waals surface area contributed by atoms with Crippen LogP contribution in [0.3, 0.4) is 0 Å².